The highest BCUT2D eigenvalue weighted by Gasteiger charge is 2.04. The highest BCUT2D eigenvalue weighted by molar-refractivity contribution is 5.39. The molecule has 0 atom stereocenters. The lowest BCUT2D eigenvalue weighted by atomic mass is 10.4. The van der Waals surface area contributed by atoms with Crippen LogP contribution in [0.25, 0.3) is 0 Å². The van der Waals surface area contributed by atoms with Crippen LogP contribution in [0, 0.1) is 10.1 Å². The van der Waals surface area contributed by atoms with E-state index in [4.69, 9.17) is 0 Å². The van der Waals surface area contributed by atoms with E-state index < -0.39 is 4.92 Å². The Bertz CT molecular complexity index is 449. The normalized spacial score (nSPS) is 9.87. The van der Waals surface area contributed by atoms with Gasteiger partial charge in [0.1, 0.15) is 12.0 Å². The van der Waals surface area contributed by atoms with Gasteiger partial charge in [0.05, 0.1) is 4.92 Å². The summed E-state index contributed by atoms with van der Waals surface area (Å²) in [6, 6.07) is 6.67. The van der Waals surface area contributed by atoms with Gasteiger partial charge >= 0.3 is 0 Å². The zero-order chi connectivity index (χ0) is 10.7. The fraction of sp³-hybridized carbons (Fsp3) is 0. The van der Waals surface area contributed by atoms with Gasteiger partial charge in [0.15, 0.2) is 0 Å². The Labute approximate surface area is 85.3 Å². The third-order valence-corrected chi connectivity index (χ3v) is 1.81. The molecule has 0 aliphatic heterocycles. The Morgan fingerprint density at radius 3 is 2.60 bits per heavy atom. The summed E-state index contributed by atoms with van der Waals surface area (Å²) in [7, 11) is 0. The number of aromatic nitrogens is 2. The zero-order valence-electron chi connectivity index (χ0n) is 7.70. The van der Waals surface area contributed by atoms with Crippen molar-refractivity contribution in [2.45, 2.75) is 0 Å². The highest BCUT2D eigenvalue weighted by Crippen LogP contribution is 2.11. The summed E-state index contributed by atoms with van der Waals surface area (Å²) in [5.74, 6) is 0.553. The second kappa shape index (κ2) is 3.79. The highest BCUT2D eigenvalue weighted by atomic mass is 16.6. The fourth-order valence-corrected chi connectivity index (χ4v) is 1.10. The number of nitrogens with zero attached hydrogens (tertiary/aromatic N) is 3. The third kappa shape index (κ3) is 2.11. The maximum absolute atomic E-state index is 10.4. The maximum Gasteiger partial charge on any atom is 0.287 e. The number of pyridine rings is 1. The van der Waals surface area contributed by atoms with Gasteiger partial charge in [0, 0.05) is 18.5 Å². The Morgan fingerprint density at radius 2 is 2.07 bits per heavy atom. The van der Waals surface area contributed by atoms with Crippen LogP contribution in [-0.2, 0) is 0 Å². The van der Waals surface area contributed by atoms with Crippen LogP contribution < -0.4 is 5.43 Å². The minimum atomic E-state index is -0.480. The maximum atomic E-state index is 10.4. The molecule has 0 saturated heterocycles. The minimum absolute atomic E-state index is 0.0203. The van der Waals surface area contributed by atoms with Crippen LogP contribution >= 0.6 is 0 Å². The van der Waals surface area contributed by atoms with Gasteiger partial charge in [-0.15, -0.1) is 0 Å². The molecule has 2 aromatic rings. The Morgan fingerprint density at radius 1 is 1.33 bits per heavy atom. The van der Waals surface area contributed by atoms with Gasteiger partial charge in [0.25, 0.3) is 5.69 Å². The van der Waals surface area contributed by atoms with Crippen molar-refractivity contribution in [3.8, 4) is 0 Å². The predicted molar refractivity (Wildman–Crippen MR) is 54.3 cm³/mol. The van der Waals surface area contributed by atoms with E-state index in [0.29, 0.717) is 5.82 Å². The van der Waals surface area contributed by atoms with Crippen molar-refractivity contribution in [3.63, 3.8) is 0 Å². The van der Waals surface area contributed by atoms with E-state index in [1.165, 1.54) is 12.3 Å². The quantitative estimate of drug-likeness (QED) is 0.609. The van der Waals surface area contributed by atoms with Crippen LogP contribution in [-0.4, -0.2) is 14.6 Å². The molecule has 0 fully saturated rings. The second-order valence-electron chi connectivity index (χ2n) is 2.86. The van der Waals surface area contributed by atoms with Gasteiger partial charge in [0.2, 0.25) is 0 Å². The molecule has 6 heteroatoms. The van der Waals surface area contributed by atoms with Crippen LogP contribution in [0.5, 0.6) is 0 Å². The van der Waals surface area contributed by atoms with Gasteiger partial charge < -0.3 is 0 Å². The number of nitro groups is 1. The SMILES string of the molecule is O=[N+]([O-])c1ccc(Nn2cccc2)nc1. The monoisotopic (exact) mass is 204 g/mol. The molecule has 0 spiro atoms. The van der Waals surface area contributed by atoms with E-state index in [-0.39, 0.29) is 5.69 Å². The molecule has 76 valence electrons. The smallest absolute Gasteiger partial charge is 0.278 e. The molecule has 1 N–H and O–H groups in total. The average Bonchev–Trinajstić information content (AvgIpc) is 2.71. The molecule has 0 aliphatic rings. The first-order valence-corrected chi connectivity index (χ1v) is 4.26. The zero-order valence-corrected chi connectivity index (χ0v) is 7.70. The Balaban J connectivity index is 2.14. The van der Waals surface area contributed by atoms with Crippen molar-refractivity contribution in [1.29, 1.82) is 0 Å². The van der Waals surface area contributed by atoms with E-state index >= 15 is 0 Å². The second-order valence-corrected chi connectivity index (χ2v) is 2.86. The standard InChI is InChI=1S/C9H8N4O2/c14-13(15)8-3-4-9(10-7-8)11-12-5-1-2-6-12/h1-7H,(H,10,11). The van der Waals surface area contributed by atoms with Crippen molar-refractivity contribution >= 4 is 11.5 Å². The Kier molecular flexibility index (Phi) is 2.32. The molecular weight excluding hydrogens is 196 g/mol. The van der Waals surface area contributed by atoms with Crippen molar-refractivity contribution in [2.75, 3.05) is 5.43 Å². The van der Waals surface area contributed by atoms with Crippen LogP contribution in [0.4, 0.5) is 11.5 Å². The molecule has 0 bridgehead atoms. The minimum Gasteiger partial charge on any atom is -0.278 e. The lowest BCUT2D eigenvalue weighted by Crippen LogP contribution is -2.07. The molecule has 6 nitrogen and oxygen atoms in total. The van der Waals surface area contributed by atoms with E-state index in [1.807, 2.05) is 24.5 Å². The molecule has 2 heterocycles. The van der Waals surface area contributed by atoms with Gasteiger partial charge in [-0.05, 0) is 18.2 Å². The molecule has 2 rings (SSSR count). The van der Waals surface area contributed by atoms with Crippen molar-refractivity contribution < 1.29 is 4.92 Å². The summed E-state index contributed by atoms with van der Waals surface area (Å²) < 4.78 is 1.70. The average molecular weight is 204 g/mol. The molecule has 0 aromatic carbocycles. The summed E-state index contributed by atoms with van der Waals surface area (Å²) in [4.78, 5) is 13.8. The van der Waals surface area contributed by atoms with Gasteiger partial charge in [-0.25, -0.2) is 4.98 Å². The largest absolute Gasteiger partial charge is 0.287 e. The summed E-state index contributed by atoms with van der Waals surface area (Å²) in [6.07, 6.45) is 4.83. The van der Waals surface area contributed by atoms with Gasteiger partial charge in [-0.3, -0.25) is 20.2 Å². The first-order chi connectivity index (χ1) is 7.25. The Hall–Kier alpha value is -2.37. The van der Waals surface area contributed by atoms with Crippen LogP contribution in [0.1, 0.15) is 0 Å². The lowest BCUT2D eigenvalue weighted by molar-refractivity contribution is -0.385. The number of hydrogen-bond acceptors (Lipinski definition) is 4. The van der Waals surface area contributed by atoms with Crippen LogP contribution in [0.3, 0.4) is 0 Å². The van der Waals surface area contributed by atoms with E-state index in [2.05, 4.69) is 10.4 Å². The molecular formula is C9H8N4O2. The number of anilines is 1. The van der Waals surface area contributed by atoms with E-state index in [0.717, 1.165) is 0 Å². The molecule has 0 saturated carbocycles. The molecule has 0 radical (unpaired) electrons. The topological polar surface area (TPSA) is 73.0 Å². The van der Waals surface area contributed by atoms with E-state index in [1.54, 1.807) is 10.7 Å². The molecule has 0 amide bonds. The molecule has 0 unspecified atom stereocenters. The first kappa shape index (κ1) is 9.20. The first-order valence-electron chi connectivity index (χ1n) is 4.26. The molecule has 2 aromatic heterocycles. The summed E-state index contributed by atoms with van der Waals surface area (Å²) in [5.41, 5.74) is 2.91. The number of hydrogen-bond donors (Lipinski definition) is 1. The van der Waals surface area contributed by atoms with Crippen LogP contribution in [0.2, 0.25) is 0 Å². The molecule has 15 heavy (non-hydrogen) atoms. The lowest BCUT2D eigenvalue weighted by Gasteiger charge is -2.04. The third-order valence-electron chi connectivity index (χ3n) is 1.81. The van der Waals surface area contributed by atoms with Crippen molar-refractivity contribution in [2.24, 2.45) is 0 Å². The van der Waals surface area contributed by atoms with Gasteiger partial charge in [-0.1, -0.05) is 0 Å². The number of rotatable bonds is 3. The summed E-state index contributed by atoms with van der Waals surface area (Å²) in [6.45, 7) is 0. The number of nitrogens with one attached hydrogen (secondary N) is 1. The van der Waals surface area contributed by atoms with Crippen LogP contribution in [0.15, 0.2) is 42.9 Å². The predicted octanol–water partition coefficient (Wildman–Crippen LogP) is 1.67. The summed E-state index contributed by atoms with van der Waals surface area (Å²) >= 11 is 0. The summed E-state index contributed by atoms with van der Waals surface area (Å²) in [5, 5.41) is 10.4. The van der Waals surface area contributed by atoms with Crippen molar-refractivity contribution in [1.82, 2.24) is 9.66 Å². The van der Waals surface area contributed by atoms with Gasteiger partial charge in [-0.2, -0.15) is 0 Å². The molecule has 0 aliphatic carbocycles. The van der Waals surface area contributed by atoms with E-state index in [9.17, 15) is 10.1 Å². The fourth-order valence-electron chi connectivity index (χ4n) is 1.10. The van der Waals surface area contributed by atoms with Crippen molar-refractivity contribution in [3.05, 3.63) is 53.0 Å².